The molecular weight excluding hydrogens is 210 g/mol. The summed E-state index contributed by atoms with van der Waals surface area (Å²) in [5.41, 5.74) is 0.289. The molecule has 0 aliphatic carbocycles. The van der Waals surface area contributed by atoms with E-state index in [-0.39, 0.29) is 5.41 Å². The van der Waals surface area contributed by atoms with Gasteiger partial charge in [-0.1, -0.05) is 13.8 Å². The van der Waals surface area contributed by atoms with Crippen molar-refractivity contribution >= 4 is 9.84 Å². The summed E-state index contributed by atoms with van der Waals surface area (Å²) in [5, 5.41) is 3.32. The molecule has 3 nitrogen and oxygen atoms in total. The maximum atomic E-state index is 11.5. The van der Waals surface area contributed by atoms with Gasteiger partial charge in [-0.25, -0.2) is 8.42 Å². The lowest BCUT2D eigenvalue weighted by molar-refractivity contribution is 0.0650. The second-order valence-electron chi connectivity index (χ2n) is 5.66. The molecule has 0 aromatic rings. The van der Waals surface area contributed by atoms with Crippen molar-refractivity contribution in [2.75, 3.05) is 24.6 Å². The molecule has 4 heteroatoms. The van der Waals surface area contributed by atoms with Crippen molar-refractivity contribution < 1.29 is 8.42 Å². The van der Waals surface area contributed by atoms with Gasteiger partial charge >= 0.3 is 0 Å². The first-order valence-electron chi connectivity index (χ1n) is 5.85. The van der Waals surface area contributed by atoms with Gasteiger partial charge in [-0.3, -0.25) is 0 Å². The summed E-state index contributed by atoms with van der Waals surface area (Å²) in [5.74, 6) is 1.92. The van der Waals surface area contributed by atoms with Gasteiger partial charge in [0, 0.05) is 13.1 Å². The van der Waals surface area contributed by atoms with Gasteiger partial charge in [0.05, 0.1) is 11.5 Å². The molecule has 15 heavy (non-hydrogen) atoms. The molecule has 0 saturated carbocycles. The summed E-state index contributed by atoms with van der Waals surface area (Å²) < 4.78 is 23.0. The van der Waals surface area contributed by atoms with Gasteiger partial charge in [-0.05, 0) is 30.1 Å². The zero-order chi connectivity index (χ0) is 11.1. The minimum absolute atomic E-state index is 0.289. The molecule has 0 spiro atoms. The second kappa shape index (κ2) is 3.74. The third-order valence-electron chi connectivity index (χ3n) is 3.87. The lowest BCUT2D eigenvalue weighted by Gasteiger charge is -2.48. The number of hydrogen-bond acceptors (Lipinski definition) is 3. The molecule has 1 atom stereocenters. The number of hydrogen-bond donors (Lipinski definition) is 1. The highest BCUT2D eigenvalue weighted by Crippen LogP contribution is 2.43. The van der Waals surface area contributed by atoms with E-state index in [9.17, 15) is 8.42 Å². The van der Waals surface area contributed by atoms with E-state index < -0.39 is 9.84 Å². The van der Waals surface area contributed by atoms with Gasteiger partial charge in [-0.15, -0.1) is 0 Å². The Hall–Kier alpha value is -0.0900. The standard InChI is InChI=1S/C11H21NO2S/c1-9(2)5-11(7-12-8-11)10-3-4-15(13,14)6-10/h9-10,12H,3-8H2,1-2H3. The molecule has 2 aliphatic rings. The summed E-state index contributed by atoms with van der Waals surface area (Å²) in [7, 11) is -2.72. The second-order valence-corrected chi connectivity index (χ2v) is 7.89. The Morgan fingerprint density at radius 2 is 2.07 bits per heavy atom. The van der Waals surface area contributed by atoms with Crippen molar-refractivity contribution in [2.24, 2.45) is 17.3 Å². The van der Waals surface area contributed by atoms with Gasteiger partial charge in [0.15, 0.2) is 9.84 Å². The first-order chi connectivity index (χ1) is 6.94. The molecule has 2 aliphatic heterocycles. The summed E-state index contributed by atoms with van der Waals surface area (Å²) in [6, 6.07) is 0. The quantitative estimate of drug-likeness (QED) is 0.790. The summed E-state index contributed by atoms with van der Waals surface area (Å²) in [6.07, 6.45) is 2.05. The van der Waals surface area contributed by atoms with E-state index in [1.165, 1.54) is 6.42 Å². The highest BCUT2D eigenvalue weighted by Gasteiger charge is 2.48. The molecule has 0 aromatic heterocycles. The van der Waals surface area contributed by atoms with Gasteiger partial charge in [0.25, 0.3) is 0 Å². The molecule has 2 saturated heterocycles. The zero-order valence-electron chi connectivity index (χ0n) is 9.62. The van der Waals surface area contributed by atoms with Crippen LogP contribution in [0, 0.1) is 17.3 Å². The summed E-state index contributed by atoms with van der Waals surface area (Å²) in [6.45, 7) is 6.49. The first-order valence-corrected chi connectivity index (χ1v) is 7.67. The first kappa shape index (κ1) is 11.4. The number of sulfone groups is 1. The van der Waals surface area contributed by atoms with E-state index in [0.717, 1.165) is 19.5 Å². The van der Waals surface area contributed by atoms with E-state index >= 15 is 0 Å². The van der Waals surface area contributed by atoms with Crippen LogP contribution >= 0.6 is 0 Å². The predicted molar refractivity (Wildman–Crippen MR) is 61.5 cm³/mol. The summed E-state index contributed by atoms with van der Waals surface area (Å²) in [4.78, 5) is 0. The monoisotopic (exact) mass is 231 g/mol. The van der Waals surface area contributed by atoms with Crippen LogP contribution in [0.3, 0.4) is 0 Å². The average molecular weight is 231 g/mol. The number of rotatable bonds is 3. The van der Waals surface area contributed by atoms with Crippen molar-refractivity contribution in [1.29, 1.82) is 0 Å². The fraction of sp³-hybridized carbons (Fsp3) is 1.00. The van der Waals surface area contributed by atoms with E-state index in [0.29, 0.717) is 23.3 Å². The highest BCUT2D eigenvalue weighted by atomic mass is 32.2. The molecule has 2 heterocycles. The Labute approximate surface area is 92.6 Å². The lowest BCUT2D eigenvalue weighted by atomic mass is 9.66. The van der Waals surface area contributed by atoms with Crippen LogP contribution in [-0.2, 0) is 9.84 Å². The molecule has 0 aromatic carbocycles. The van der Waals surface area contributed by atoms with Crippen molar-refractivity contribution in [3.05, 3.63) is 0 Å². The fourth-order valence-corrected chi connectivity index (χ4v) is 5.08. The molecular formula is C11H21NO2S. The van der Waals surface area contributed by atoms with Crippen LogP contribution < -0.4 is 5.32 Å². The SMILES string of the molecule is CC(C)CC1(C2CCS(=O)(=O)C2)CNC1. The molecule has 0 radical (unpaired) electrons. The molecule has 0 amide bonds. The Balaban J connectivity index is 2.08. The van der Waals surface area contributed by atoms with Crippen LogP contribution in [0.5, 0.6) is 0 Å². The van der Waals surface area contributed by atoms with Crippen LogP contribution in [0.25, 0.3) is 0 Å². The van der Waals surface area contributed by atoms with Gasteiger partial charge in [0.2, 0.25) is 0 Å². The largest absolute Gasteiger partial charge is 0.316 e. The van der Waals surface area contributed by atoms with Crippen LogP contribution in [0.1, 0.15) is 26.7 Å². The smallest absolute Gasteiger partial charge is 0.150 e. The normalized spacial score (nSPS) is 32.9. The fourth-order valence-electron chi connectivity index (χ4n) is 3.14. The van der Waals surface area contributed by atoms with Crippen LogP contribution in [0.15, 0.2) is 0 Å². The van der Waals surface area contributed by atoms with Crippen molar-refractivity contribution in [1.82, 2.24) is 5.32 Å². The Morgan fingerprint density at radius 3 is 2.40 bits per heavy atom. The van der Waals surface area contributed by atoms with E-state index in [1.54, 1.807) is 0 Å². The molecule has 0 bridgehead atoms. The topological polar surface area (TPSA) is 46.2 Å². The molecule has 2 rings (SSSR count). The molecule has 88 valence electrons. The highest BCUT2D eigenvalue weighted by molar-refractivity contribution is 7.91. The van der Waals surface area contributed by atoms with Crippen molar-refractivity contribution in [3.8, 4) is 0 Å². The Bertz CT molecular complexity index is 330. The maximum Gasteiger partial charge on any atom is 0.150 e. The zero-order valence-corrected chi connectivity index (χ0v) is 10.4. The molecule has 1 N–H and O–H groups in total. The van der Waals surface area contributed by atoms with E-state index in [4.69, 9.17) is 0 Å². The third-order valence-corrected chi connectivity index (χ3v) is 5.64. The van der Waals surface area contributed by atoms with Gasteiger partial charge in [0.1, 0.15) is 0 Å². The Kier molecular flexibility index (Phi) is 2.84. The van der Waals surface area contributed by atoms with Crippen LogP contribution in [0.4, 0.5) is 0 Å². The van der Waals surface area contributed by atoms with E-state index in [1.807, 2.05) is 0 Å². The third kappa shape index (κ3) is 2.21. The lowest BCUT2D eigenvalue weighted by Crippen LogP contribution is -2.58. The minimum Gasteiger partial charge on any atom is -0.316 e. The maximum absolute atomic E-state index is 11.5. The van der Waals surface area contributed by atoms with Crippen molar-refractivity contribution in [3.63, 3.8) is 0 Å². The predicted octanol–water partition coefficient (Wildman–Crippen LogP) is 1.06. The van der Waals surface area contributed by atoms with E-state index in [2.05, 4.69) is 19.2 Å². The van der Waals surface area contributed by atoms with Crippen molar-refractivity contribution in [2.45, 2.75) is 26.7 Å². The average Bonchev–Trinajstić information content (AvgIpc) is 2.38. The minimum atomic E-state index is -2.72. The summed E-state index contributed by atoms with van der Waals surface area (Å²) >= 11 is 0. The van der Waals surface area contributed by atoms with Crippen LogP contribution in [0.2, 0.25) is 0 Å². The Morgan fingerprint density at radius 1 is 1.40 bits per heavy atom. The van der Waals surface area contributed by atoms with Crippen LogP contribution in [-0.4, -0.2) is 33.0 Å². The molecule has 2 fully saturated rings. The number of nitrogens with one attached hydrogen (secondary N) is 1. The molecule has 1 unspecified atom stereocenters. The van der Waals surface area contributed by atoms with Gasteiger partial charge in [-0.2, -0.15) is 0 Å². The van der Waals surface area contributed by atoms with Gasteiger partial charge < -0.3 is 5.32 Å².